The van der Waals surface area contributed by atoms with Crippen LogP contribution in [0.3, 0.4) is 0 Å². The van der Waals surface area contributed by atoms with E-state index in [9.17, 15) is 9.59 Å². The molecule has 0 saturated carbocycles. The maximum Gasteiger partial charge on any atom is 0.262 e. The molecule has 0 unspecified atom stereocenters. The third kappa shape index (κ3) is 2.86. The molecule has 3 rings (SSSR count). The number of nitrogens with one attached hydrogen (secondary N) is 2. The molecule has 0 atom stereocenters. The minimum Gasteiger partial charge on any atom is -0.481 e. The molecule has 0 saturated heterocycles. The van der Waals surface area contributed by atoms with Gasteiger partial charge in [0.25, 0.3) is 11.8 Å². The van der Waals surface area contributed by atoms with Crippen molar-refractivity contribution in [1.29, 1.82) is 0 Å². The number of anilines is 2. The van der Waals surface area contributed by atoms with Gasteiger partial charge in [-0.25, -0.2) is 0 Å². The Kier molecular flexibility index (Phi) is 3.92. The molecule has 5 nitrogen and oxygen atoms in total. The van der Waals surface area contributed by atoms with Crippen LogP contribution < -0.4 is 15.4 Å². The van der Waals surface area contributed by atoms with E-state index in [0.29, 0.717) is 32.7 Å². The number of carbonyl (C=O) groups excluding carboxylic acids is 2. The average Bonchev–Trinajstić information content (AvgIpc) is 2.50. The van der Waals surface area contributed by atoms with Gasteiger partial charge in [-0.1, -0.05) is 29.3 Å². The topological polar surface area (TPSA) is 67.4 Å². The summed E-state index contributed by atoms with van der Waals surface area (Å²) in [6.45, 7) is -0.0445. The van der Waals surface area contributed by atoms with Crippen LogP contribution in [0.2, 0.25) is 10.0 Å². The van der Waals surface area contributed by atoms with Crippen LogP contribution in [0.5, 0.6) is 5.75 Å². The number of amides is 2. The van der Waals surface area contributed by atoms with Crippen molar-refractivity contribution in [2.24, 2.45) is 0 Å². The fourth-order valence-corrected chi connectivity index (χ4v) is 2.33. The summed E-state index contributed by atoms with van der Waals surface area (Å²) in [4.78, 5) is 23.7. The SMILES string of the molecule is O=C1COc2cccc(NC(=O)c3ccc(Cl)c(Cl)c3)c2N1. The molecule has 1 aliphatic rings. The van der Waals surface area contributed by atoms with E-state index in [1.54, 1.807) is 30.3 Å². The van der Waals surface area contributed by atoms with Crippen LogP contribution in [-0.2, 0) is 4.79 Å². The minimum absolute atomic E-state index is 0.0445. The molecule has 2 amide bonds. The summed E-state index contributed by atoms with van der Waals surface area (Å²) in [5.74, 6) is -0.137. The van der Waals surface area contributed by atoms with Crippen molar-refractivity contribution in [2.75, 3.05) is 17.2 Å². The fourth-order valence-electron chi connectivity index (χ4n) is 2.04. The van der Waals surface area contributed by atoms with Gasteiger partial charge in [-0.2, -0.15) is 0 Å². The Bertz CT molecular complexity index is 777. The highest BCUT2D eigenvalue weighted by Gasteiger charge is 2.20. The highest BCUT2D eigenvalue weighted by Crippen LogP contribution is 2.35. The van der Waals surface area contributed by atoms with E-state index >= 15 is 0 Å². The van der Waals surface area contributed by atoms with Crippen molar-refractivity contribution >= 4 is 46.4 Å². The van der Waals surface area contributed by atoms with Crippen LogP contribution in [0.4, 0.5) is 11.4 Å². The summed E-state index contributed by atoms with van der Waals surface area (Å²) in [6.07, 6.45) is 0. The second-order valence-electron chi connectivity index (χ2n) is 4.60. The average molecular weight is 337 g/mol. The Hall–Kier alpha value is -2.24. The summed E-state index contributed by atoms with van der Waals surface area (Å²) in [5.41, 5.74) is 1.24. The van der Waals surface area contributed by atoms with Crippen LogP contribution in [0.25, 0.3) is 0 Å². The first-order valence-corrected chi connectivity index (χ1v) is 7.12. The number of halogens is 2. The number of ether oxygens (including phenoxy) is 1. The van der Waals surface area contributed by atoms with Gasteiger partial charge in [0.1, 0.15) is 11.4 Å². The van der Waals surface area contributed by atoms with Crippen molar-refractivity contribution in [1.82, 2.24) is 0 Å². The molecule has 2 N–H and O–H groups in total. The predicted molar refractivity (Wildman–Crippen MR) is 85.0 cm³/mol. The molecule has 0 aromatic heterocycles. The highest BCUT2D eigenvalue weighted by atomic mass is 35.5. The van der Waals surface area contributed by atoms with Gasteiger partial charge in [0.15, 0.2) is 6.61 Å². The van der Waals surface area contributed by atoms with Gasteiger partial charge in [-0.3, -0.25) is 9.59 Å². The number of carbonyl (C=O) groups is 2. The molecule has 112 valence electrons. The van der Waals surface area contributed by atoms with E-state index in [4.69, 9.17) is 27.9 Å². The molecular weight excluding hydrogens is 327 g/mol. The van der Waals surface area contributed by atoms with Gasteiger partial charge >= 0.3 is 0 Å². The number of rotatable bonds is 2. The van der Waals surface area contributed by atoms with Crippen LogP contribution in [0, 0.1) is 0 Å². The first kappa shape index (κ1) is 14.7. The lowest BCUT2D eigenvalue weighted by molar-refractivity contribution is -0.118. The normalized spacial score (nSPS) is 12.9. The Morgan fingerprint density at radius 1 is 1.18 bits per heavy atom. The molecule has 1 aliphatic heterocycles. The van der Waals surface area contributed by atoms with Gasteiger partial charge < -0.3 is 15.4 Å². The molecule has 1 heterocycles. The highest BCUT2D eigenvalue weighted by molar-refractivity contribution is 6.42. The van der Waals surface area contributed by atoms with Crippen LogP contribution in [0.1, 0.15) is 10.4 Å². The summed E-state index contributed by atoms with van der Waals surface area (Å²) in [6, 6.07) is 9.69. The van der Waals surface area contributed by atoms with Crippen molar-refractivity contribution in [3.8, 4) is 5.75 Å². The summed E-state index contributed by atoms with van der Waals surface area (Å²) in [7, 11) is 0. The summed E-state index contributed by atoms with van der Waals surface area (Å²) < 4.78 is 5.30. The molecule has 2 aromatic rings. The lowest BCUT2D eigenvalue weighted by Crippen LogP contribution is -2.26. The van der Waals surface area contributed by atoms with E-state index in [-0.39, 0.29) is 18.4 Å². The Morgan fingerprint density at radius 3 is 2.77 bits per heavy atom. The number of para-hydroxylation sites is 1. The Morgan fingerprint density at radius 2 is 2.00 bits per heavy atom. The van der Waals surface area contributed by atoms with E-state index in [2.05, 4.69) is 10.6 Å². The zero-order chi connectivity index (χ0) is 15.7. The van der Waals surface area contributed by atoms with Gasteiger partial charge in [-0.15, -0.1) is 0 Å². The summed E-state index contributed by atoms with van der Waals surface area (Å²) in [5, 5.41) is 6.06. The number of fused-ring (bicyclic) bond motifs is 1. The van der Waals surface area contributed by atoms with Gasteiger partial charge in [0.2, 0.25) is 0 Å². The number of hydrogen-bond acceptors (Lipinski definition) is 3. The molecule has 0 spiro atoms. The van der Waals surface area contributed by atoms with E-state index < -0.39 is 0 Å². The zero-order valence-corrected chi connectivity index (χ0v) is 12.7. The Labute approximate surface area is 136 Å². The van der Waals surface area contributed by atoms with Crippen LogP contribution >= 0.6 is 23.2 Å². The monoisotopic (exact) mass is 336 g/mol. The van der Waals surface area contributed by atoms with Crippen molar-refractivity contribution in [3.05, 3.63) is 52.0 Å². The first-order chi connectivity index (χ1) is 10.5. The third-order valence-electron chi connectivity index (χ3n) is 3.08. The smallest absolute Gasteiger partial charge is 0.262 e. The third-order valence-corrected chi connectivity index (χ3v) is 3.82. The first-order valence-electron chi connectivity index (χ1n) is 6.36. The van der Waals surface area contributed by atoms with E-state index in [0.717, 1.165) is 0 Å². The molecule has 0 fully saturated rings. The number of hydrogen-bond donors (Lipinski definition) is 2. The molecular formula is C15H10Cl2N2O3. The maximum atomic E-state index is 12.3. The molecule has 7 heteroatoms. The van der Waals surface area contributed by atoms with Crippen LogP contribution in [0.15, 0.2) is 36.4 Å². The lowest BCUT2D eigenvalue weighted by atomic mass is 10.2. The summed E-state index contributed by atoms with van der Waals surface area (Å²) >= 11 is 11.7. The second kappa shape index (κ2) is 5.87. The Balaban J connectivity index is 1.88. The van der Waals surface area contributed by atoms with Crippen molar-refractivity contribution in [2.45, 2.75) is 0 Å². The minimum atomic E-state index is -0.369. The molecule has 2 aromatic carbocycles. The van der Waals surface area contributed by atoms with E-state index in [1.807, 2.05) is 0 Å². The second-order valence-corrected chi connectivity index (χ2v) is 5.41. The quantitative estimate of drug-likeness (QED) is 0.880. The van der Waals surface area contributed by atoms with Crippen molar-refractivity contribution < 1.29 is 14.3 Å². The molecule has 0 aliphatic carbocycles. The molecule has 22 heavy (non-hydrogen) atoms. The van der Waals surface area contributed by atoms with Crippen molar-refractivity contribution in [3.63, 3.8) is 0 Å². The maximum absolute atomic E-state index is 12.3. The van der Waals surface area contributed by atoms with E-state index in [1.165, 1.54) is 6.07 Å². The zero-order valence-electron chi connectivity index (χ0n) is 11.2. The van der Waals surface area contributed by atoms with Gasteiger partial charge in [0, 0.05) is 5.56 Å². The lowest BCUT2D eigenvalue weighted by Gasteiger charge is -2.20. The van der Waals surface area contributed by atoms with Gasteiger partial charge in [-0.05, 0) is 30.3 Å². The molecule has 0 radical (unpaired) electrons. The fraction of sp³-hybridized carbons (Fsp3) is 0.0667. The van der Waals surface area contributed by atoms with Crippen LogP contribution in [-0.4, -0.2) is 18.4 Å². The number of benzene rings is 2. The van der Waals surface area contributed by atoms with Gasteiger partial charge in [0.05, 0.1) is 15.7 Å². The molecule has 0 bridgehead atoms. The predicted octanol–water partition coefficient (Wildman–Crippen LogP) is 3.58. The largest absolute Gasteiger partial charge is 0.481 e. The standard InChI is InChI=1S/C15H10Cl2N2O3/c16-9-5-4-8(6-10(9)17)15(21)18-11-2-1-3-12-14(11)19-13(20)7-22-12/h1-6H,7H2,(H,18,21)(H,19,20).